The molecule has 0 saturated carbocycles. The highest BCUT2D eigenvalue weighted by molar-refractivity contribution is 6.00. The first kappa shape index (κ1) is 19.8. The molecule has 2 aromatic rings. The molecular formula is C24H32N4O. The summed E-state index contributed by atoms with van der Waals surface area (Å²) < 4.78 is 0. The number of fused-ring (bicyclic) bond motifs is 2. The fourth-order valence-corrected chi connectivity index (χ4v) is 5.00. The van der Waals surface area contributed by atoms with Gasteiger partial charge in [0.25, 0.3) is 0 Å². The standard InChI is InChI=1S/C24H32N4O/c1-5-12-28-15-16(25-24(29)27(7-3)8-4)13-18-17-10-9-11-21-23(17)19(14-22(18)28)20(6-2)26-21/h6,9-11,13,16,22,26H,2,5,7-8,12,14-15H2,1,3-4H3,(H,25,29)/t16-,22+/m0/s1. The van der Waals surface area contributed by atoms with Gasteiger partial charge in [-0.05, 0) is 62.1 Å². The fraction of sp³-hybridized carbons (Fsp3) is 0.458. The van der Waals surface area contributed by atoms with Gasteiger partial charge < -0.3 is 15.2 Å². The minimum Gasteiger partial charge on any atom is -0.355 e. The summed E-state index contributed by atoms with van der Waals surface area (Å²) >= 11 is 0. The van der Waals surface area contributed by atoms with Gasteiger partial charge in [0.05, 0.1) is 6.04 Å². The normalized spacial score (nSPS) is 20.9. The Morgan fingerprint density at radius 3 is 2.83 bits per heavy atom. The van der Waals surface area contributed by atoms with Crippen molar-refractivity contribution >= 4 is 28.6 Å². The van der Waals surface area contributed by atoms with E-state index in [1.54, 1.807) is 0 Å². The van der Waals surface area contributed by atoms with Crippen molar-refractivity contribution in [2.24, 2.45) is 0 Å². The van der Waals surface area contributed by atoms with Crippen LogP contribution < -0.4 is 5.32 Å². The summed E-state index contributed by atoms with van der Waals surface area (Å²) in [5.41, 5.74) is 6.32. The zero-order valence-corrected chi connectivity index (χ0v) is 17.8. The Labute approximate surface area is 173 Å². The molecule has 0 fully saturated rings. The molecule has 2 atom stereocenters. The summed E-state index contributed by atoms with van der Waals surface area (Å²) in [6.45, 7) is 13.6. The summed E-state index contributed by atoms with van der Waals surface area (Å²) in [4.78, 5) is 20.6. The second-order valence-electron chi connectivity index (χ2n) is 8.01. The third-order valence-corrected chi connectivity index (χ3v) is 6.36. The van der Waals surface area contributed by atoms with Crippen LogP contribution in [0.3, 0.4) is 0 Å². The molecule has 0 bridgehead atoms. The molecule has 154 valence electrons. The van der Waals surface area contributed by atoms with E-state index in [0.29, 0.717) is 6.04 Å². The molecular weight excluding hydrogens is 360 g/mol. The Morgan fingerprint density at radius 2 is 2.14 bits per heavy atom. The lowest BCUT2D eigenvalue weighted by Crippen LogP contribution is -2.54. The van der Waals surface area contributed by atoms with Crippen LogP contribution in [0.1, 0.15) is 44.0 Å². The van der Waals surface area contributed by atoms with Gasteiger partial charge in [-0.3, -0.25) is 4.90 Å². The van der Waals surface area contributed by atoms with E-state index in [0.717, 1.165) is 44.7 Å². The second kappa shape index (κ2) is 8.07. The summed E-state index contributed by atoms with van der Waals surface area (Å²) in [5, 5.41) is 4.58. The van der Waals surface area contributed by atoms with Gasteiger partial charge >= 0.3 is 6.03 Å². The molecule has 2 N–H and O–H groups in total. The van der Waals surface area contributed by atoms with E-state index in [9.17, 15) is 4.79 Å². The van der Waals surface area contributed by atoms with E-state index >= 15 is 0 Å². The number of hydrogen-bond donors (Lipinski definition) is 2. The van der Waals surface area contributed by atoms with Gasteiger partial charge in [0.15, 0.2) is 0 Å². The topological polar surface area (TPSA) is 51.4 Å². The van der Waals surface area contributed by atoms with Gasteiger partial charge in [-0.1, -0.05) is 31.7 Å². The van der Waals surface area contributed by atoms with Crippen molar-refractivity contribution < 1.29 is 4.79 Å². The first-order valence-corrected chi connectivity index (χ1v) is 10.9. The highest BCUT2D eigenvalue weighted by Gasteiger charge is 2.36. The fourth-order valence-electron chi connectivity index (χ4n) is 5.00. The maximum atomic E-state index is 12.7. The monoisotopic (exact) mass is 392 g/mol. The third kappa shape index (κ3) is 3.38. The van der Waals surface area contributed by atoms with Crippen LogP contribution in [0, 0.1) is 0 Å². The van der Waals surface area contributed by atoms with E-state index < -0.39 is 0 Å². The molecule has 0 saturated heterocycles. The average Bonchev–Trinajstić information content (AvgIpc) is 3.09. The van der Waals surface area contributed by atoms with E-state index in [4.69, 9.17) is 0 Å². The van der Waals surface area contributed by atoms with Crippen LogP contribution in [0.15, 0.2) is 30.9 Å². The van der Waals surface area contributed by atoms with Crippen LogP contribution in [-0.2, 0) is 6.42 Å². The van der Waals surface area contributed by atoms with Crippen molar-refractivity contribution in [3.05, 3.63) is 47.7 Å². The van der Waals surface area contributed by atoms with Crippen molar-refractivity contribution in [1.29, 1.82) is 0 Å². The lowest BCUT2D eigenvalue weighted by Gasteiger charge is -2.42. The van der Waals surface area contributed by atoms with Gasteiger partial charge in [0, 0.05) is 42.3 Å². The Morgan fingerprint density at radius 1 is 1.34 bits per heavy atom. The number of urea groups is 1. The zero-order valence-electron chi connectivity index (χ0n) is 17.8. The predicted octanol–water partition coefficient (Wildman–Crippen LogP) is 4.26. The number of nitrogens with one attached hydrogen (secondary N) is 2. The van der Waals surface area contributed by atoms with Crippen molar-refractivity contribution in [3.63, 3.8) is 0 Å². The van der Waals surface area contributed by atoms with Crippen molar-refractivity contribution in [1.82, 2.24) is 20.1 Å². The van der Waals surface area contributed by atoms with E-state index in [1.807, 2.05) is 24.8 Å². The molecule has 1 aliphatic heterocycles. The van der Waals surface area contributed by atoms with Gasteiger partial charge in [-0.2, -0.15) is 0 Å². The predicted molar refractivity (Wildman–Crippen MR) is 121 cm³/mol. The third-order valence-electron chi connectivity index (χ3n) is 6.36. The Kier molecular flexibility index (Phi) is 5.50. The van der Waals surface area contributed by atoms with Crippen LogP contribution in [0.5, 0.6) is 0 Å². The summed E-state index contributed by atoms with van der Waals surface area (Å²) in [6.07, 6.45) is 6.32. The summed E-state index contributed by atoms with van der Waals surface area (Å²) in [5.74, 6) is 0. The summed E-state index contributed by atoms with van der Waals surface area (Å²) in [7, 11) is 0. The number of nitrogens with zero attached hydrogens (tertiary/aromatic N) is 2. The smallest absolute Gasteiger partial charge is 0.317 e. The number of amides is 2. The van der Waals surface area contributed by atoms with Gasteiger partial charge in [0.1, 0.15) is 0 Å². The Balaban J connectivity index is 1.76. The van der Waals surface area contributed by atoms with Crippen LogP contribution in [-0.4, -0.2) is 59.1 Å². The lowest BCUT2D eigenvalue weighted by atomic mass is 9.80. The molecule has 5 heteroatoms. The maximum absolute atomic E-state index is 12.7. The minimum atomic E-state index is 0.0236. The highest BCUT2D eigenvalue weighted by Crippen LogP contribution is 2.42. The SMILES string of the molecule is C=Cc1[nH]c2cccc3c2c1C[C@@H]1C3=C[C@H](NC(=O)N(CC)CC)CN1CCC. The molecule has 2 amide bonds. The quantitative estimate of drug-likeness (QED) is 0.772. The first-order valence-electron chi connectivity index (χ1n) is 10.9. The Hall–Kier alpha value is -2.53. The maximum Gasteiger partial charge on any atom is 0.317 e. The highest BCUT2D eigenvalue weighted by atomic mass is 16.2. The van der Waals surface area contributed by atoms with E-state index in [2.05, 4.69) is 53.0 Å². The number of rotatable bonds is 6. The number of benzene rings is 1. The average molecular weight is 393 g/mol. The molecule has 5 nitrogen and oxygen atoms in total. The van der Waals surface area contributed by atoms with Crippen molar-refractivity contribution in [2.45, 2.75) is 45.7 Å². The van der Waals surface area contributed by atoms with Gasteiger partial charge in [-0.15, -0.1) is 0 Å². The molecule has 4 rings (SSSR count). The molecule has 1 aromatic heterocycles. The van der Waals surface area contributed by atoms with Crippen LogP contribution in [0.4, 0.5) is 4.79 Å². The van der Waals surface area contributed by atoms with Gasteiger partial charge in [-0.25, -0.2) is 4.79 Å². The molecule has 1 aliphatic carbocycles. The van der Waals surface area contributed by atoms with Crippen LogP contribution in [0.25, 0.3) is 22.6 Å². The largest absolute Gasteiger partial charge is 0.355 e. The summed E-state index contributed by atoms with van der Waals surface area (Å²) in [6, 6.07) is 6.89. The van der Waals surface area contributed by atoms with E-state index in [1.165, 1.54) is 27.6 Å². The number of carbonyl (C=O) groups is 1. The van der Waals surface area contributed by atoms with Crippen LogP contribution >= 0.6 is 0 Å². The number of aromatic nitrogens is 1. The Bertz CT molecular complexity index is 953. The lowest BCUT2D eigenvalue weighted by molar-refractivity contribution is 0.183. The first-order chi connectivity index (χ1) is 14.1. The van der Waals surface area contributed by atoms with Crippen LogP contribution in [0.2, 0.25) is 0 Å². The van der Waals surface area contributed by atoms with E-state index in [-0.39, 0.29) is 12.1 Å². The molecule has 29 heavy (non-hydrogen) atoms. The number of carbonyl (C=O) groups excluding carboxylic acids is 1. The molecule has 0 unspecified atom stereocenters. The zero-order chi connectivity index (χ0) is 20.5. The van der Waals surface area contributed by atoms with Crippen molar-refractivity contribution in [3.8, 4) is 0 Å². The molecule has 2 heterocycles. The van der Waals surface area contributed by atoms with Gasteiger partial charge in [0.2, 0.25) is 0 Å². The number of H-pyrrole nitrogens is 1. The molecule has 1 aromatic carbocycles. The minimum absolute atomic E-state index is 0.0236. The second-order valence-corrected chi connectivity index (χ2v) is 8.01. The molecule has 2 aliphatic rings. The molecule has 0 spiro atoms. The number of hydrogen-bond acceptors (Lipinski definition) is 2. The van der Waals surface area contributed by atoms with Crippen molar-refractivity contribution in [2.75, 3.05) is 26.2 Å². The number of aromatic amines is 1. The molecule has 0 radical (unpaired) electrons.